The highest BCUT2D eigenvalue weighted by molar-refractivity contribution is 6.30. The Hall–Kier alpha value is -2.28. The van der Waals surface area contributed by atoms with Gasteiger partial charge in [-0.3, -0.25) is 4.79 Å². The lowest BCUT2D eigenvalue weighted by Gasteiger charge is -2.07. The molecule has 100 valence electrons. The van der Waals surface area contributed by atoms with Crippen LogP contribution < -0.4 is 11.1 Å². The summed E-state index contributed by atoms with van der Waals surface area (Å²) >= 11 is 5.80. The molecular weight excluding hydrogens is 272 g/mol. The largest absolute Gasteiger partial charge is 0.321 e. The zero-order valence-corrected chi connectivity index (χ0v) is 11.4. The first-order valence-corrected chi connectivity index (χ1v) is 6.43. The molecule has 0 saturated carbocycles. The molecule has 1 amide bonds. The summed E-state index contributed by atoms with van der Waals surface area (Å²) in [6.45, 7) is 0.277. The monoisotopic (exact) mass is 284 g/mol. The highest BCUT2D eigenvalue weighted by Gasteiger charge is 2.07. The quantitative estimate of drug-likeness (QED) is 0.833. The third-order valence-corrected chi connectivity index (χ3v) is 2.86. The summed E-state index contributed by atoms with van der Waals surface area (Å²) in [7, 11) is 0. The van der Waals surface area contributed by atoms with Crippen molar-refractivity contribution in [2.24, 2.45) is 5.73 Å². The van der Waals surface area contributed by atoms with Crippen LogP contribution >= 0.6 is 11.6 Å². The second-order valence-corrected chi connectivity index (χ2v) is 4.45. The zero-order valence-electron chi connectivity index (χ0n) is 10.7. The summed E-state index contributed by atoms with van der Waals surface area (Å²) in [4.78, 5) is 12.1. The molecule has 0 spiro atoms. The summed E-state index contributed by atoms with van der Waals surface area (Å²) in [5, 5.41) is 3.42. The van der Waals surface area contributed by atoms with Gasteiger partial charge in [-0.05, 0) is 36.4 Å². The Kier molecular flexibility index (Phi) is 4.78. The molecule has 0 heterocycles. The molecule has 0 fully saturated rings. The SMILES string of the molecule is NCC#Cc1ccccc1NC(=O)c1ccc(Cl)cc1. The predicted octanol–water partition coefficient (Wildman–Crippen LogP) is 2.90. The maximum absolute atomic E-state index is 12.1. The van der Waals surface area contributed by atoms with Crippen LogP contribution in [-0.4, -0.2) is 12.5 Å². The second kappa shape index (κ2) is 6.76. The lowest BCUT2D eigenvalue weighted by molar-refractivity contribution is 0.102. The van der Waals surface area contributed by atoms with E-state index in [-0.39, 0.29) is 12.5 Å². The van der Waals surface area contributed by atoms with E-state index in [4.69, 9.17) is 17.3 Å². The third-order valence-electron chi connectivity index (χ3n) is 2.61. The number of carbonyl (C=O) groups is 1. The molecule has 2 aromatic rings. The minimum Gasteiger partial charge on any atom is -0.321 e. The lowest BCUT2D eigenvalue weighted by Crippen LogP contribution is -2.12. The van der Waals surface area contributed by atoms with Gasteiger partial charge in [0.1, 0.15) is 0 Å². The van der Waals surface area contributed by atoms with Gasteiger partial charge in [0, 0.05) is 16.1 Å². The van der Waals surface area contributed by atoms with Gasteiger partial charge in [-0.2, -0.15) is 0 Å². The molecule has 0 aliphatic heterocycles. The van der Waals surface area contributed by atoms with Crippen molar-refractivity contribution >= 4 is 23.2 Å². The maximum atomic E-state index is 12.1. The van der Waals surface area contributed by atoms with Gasteiger partial charge >= 0.3 is 0 Å². The number of benzene rings is 2. The normalized spacial score (nSPS) is 9.50. The summed E-state index contributed by atoms with van der Waals surface area (Å²) in [5.74, 6) is 5.50. The molecule has 0 atom stereocenters. The fourth-order valence-electron chi connectivity index (χ4n) is 1.64. The van der Waals surface area contributed by atoms with Crippen molar-refractivity contribution in [3.8, 4) is 11.8 Å². The molecule has 0 radical (unpaired) electrons. The standard InChI is InChI=1S/C16H13ClN2O/c17-14-9-7-13(8-10-14)16(20)19-15-6-2-1-4-12(15)5-3-11-18/h1-2,4,6-10H,11,18H2,(H,19,20). The van der Waals surface area contributed by atoms with E-state index in [1.54, 1.807) is 30.3 Å². The van der Waals surface area contributed by atoms with E-state index >= 15 is 0 Å². The minimum absolute atomic E-state index is 0.205. The molecule has 0 aliphatic rings. The molecule has 20 heavy (non-hydrogen) atoms. The molecule has 2 rings (SSSR count). The van der Waals surface area contributed by atoms with E-state index < -0.39 is 0 Å². The number of rotatable bonds is 2. The smallest absolute Gasteiger partial charge is 0.255 e. The van der Waals surface area contributed by atoms with Crippen LogP contribution in [0.2, 0.25) is 5.02 Å². The van der Waals surface area contributed by atoms with Crippen molar-refractivity contribution in [3.63, 3.8) is 0 Å². The molecule has 2 aromatic carbocycles. The Bertz CT molecular complexity index is 669. The van der Waals surface area contributed by atoms with Gasteiger partial charge in [0.25, 0.3) is 5.91 Å². The van der Waals surface area contributed by atoms with Crippen molar-refractivity contribution in [1.82, 2.24) is 0 Å². The molecule has 3 nitrogen and oxygen atoms in total. The number of nitrogens with one attached hydrogen (secondary N) is 1. The number of hydrogen-bond donors (Lipinski definition) is 2. The Labute approximate surface area is 122 Å². The average Bonchev–Trinajstić information content (AvgIpc) is 2.47. The van der Waals surface area contributed by atoms with E-state index in [0.717, 1.165) is 5.56 Å². The van der Waals surface area contributed by atoms with Crippen LogP contribution in [0.1, 0.15) is 15.9 Å². The van der Waals surface area contributed by atoms with Crippen molar-refractivity contribution in [2.45, 2.75) is 0 Å². The lowest BCUT2D eigenvalue weighted by atomic mass is 10.1. The van der Waals surface area contributed by atoms with E-state index in [2.05, 4.69) is 17.2 Å². The number of amides is 1. The summed E-state index contributed by atoms with van der Waals surface area (Å²) < 4.78 is 0. The Morgan fingerprint density at radius 2 is 1.85 bits per heavy atom. The molecule has 0 aromatic heterocycles. The van der Waals surface area contributed by atoms with Gasteiger partial charge in [0.05, 0.1) is 12.2 Å². The Balaban J connectivity index is 2.21. The fourth-order valence-corrected chi connectivity index (χ4v) is 1.77. The van der Waals surface area contributed by atoms with Crippen LogP contribution in [-0.2, 0) is 0 Å². The highest BCUT2D eigenvalue weighted by atomic mass is 35.5. The molecule has 0 saturated heterocycles. The Morgan fingerprint density at radius 3 is 2.55 bits per heavy atom. The summed E-state index contributed by atoms with van der Waals surface area (Å²) in [6, 6.07) is 14.0. The van der Waals surface area contributed by atoms with E-state index in [1.807, 2.05) is 18.2 Å². The third kappa shape index (κ3) is 3.61. The Morgan fingerprint density at radius 1 is 1.15 bits per heavy atom. The number of anilines is 1. The van der Waals surface area contributed by atoms with Gasteiger partial charge in [-0.25, -0.2) is 0 Å². The first-order chi connectivity index (χ1) is 9.70. The first kappa shape index (κ1) is 14.1. The van der Waals surface area contributed by atoms with Gasteiger partial charge in [0.2, 0.25) is 0 Å². The van der Waals surface area contributed by atoms with Gasteiger partial charge < -0.3 is 11.1 Å². The van der Waals surface area contributed by atoms with Crippen LogP contribution in [0.15, 0.2) is 48.5 Å². The van der Waals surface area contributed by atoms with Crippen LogP contribution in [0.25, 0.3) is 0 Å². The summed E-state index contributed by atoms with van der Waals surface area (Å²) in [5.41, 5.74) is 7.29. The van der Waals surface area contributed by atoms with Crippen LogP contribution in [0.5, 0.6) is 0 Å². The predicted molar refractivity (Wildman–Crippen MR) is 81.8 cm³/mol. The summed E-state index contributed by atoms with van der Waals surface area (Å²) in [6.07, 6.45) is 0. The highest BCUT2D eigenvalue weighted by Crippen LogP contribution is 2.16. The fraction of sp³-hybridized carbons (Fsp3) is 0.0625. The molecule has 0 aliphatic carbocycles. The maximum Gasteiger partial charge on any atom is 0.255 e. The second-order valence-electron chi connectivity index (χ2n) is 4.01. The molecule has 3 N–H and O–H groups in total. The van der Waals surface area contributed by atoms with E-state index in [0.29, 0.717) is 16.3 Å². The zero-order chi connectivity index (χ0) is 14.4. The van der Waals surface area contributed by atoms with Crippen LogP contribution in [0, 0.1) is 11.8 Å². The van der Waals surface area contributed by atoms with Crippen molar-refractivity contribution in [3.05, 3.63) is 64.7 Å². The number of hydrogen-bond acceptors (Lipinski definition) is 2. The molecule has 4 heteroatoms. The van der Waals surface area contributed by atoms with Crippen molar-refractivity contribution < 1.29 is 4.79 Å². The van der Waals surface area contributed by atoms with E-state index in [1.165, 1.54) is 0 Å². The number of carbonyl (C=O) groups excluding carboxylic acids is 1. The molecular formula is C16H13ClN2O. The van der Waals surface area contributed by atoms with Gasteiger partial charge in [0.15, 0.2) is 0 Å². The number of para-hydroxylation sites is 1. The van der Waals surface area contributed by atoms with E-state index in [9.17, 15) is 4.79 Å². The van der Waals surface area contributed by atoms with Crippen LogP contribution in [0.4, 0.5) is 5.69 Å². The van der Waals surface area contributed by atoms with Crippen molar-refractivity contribution in [2.75, 3.05) is 11.9 Å². The topological polar surface area (TPSA) is 55.1 Å². The number of halogens is 1. The molecule has 0 unspecified atom stereocenters. The van der Waals surface area contributed by atoms with Gasteiger partial charge in [-0.15, -0.1) is 0 Å². The van der Waals surface area contributed by atoms with Gasteiger partial charge in [-0.1, -0.05) is 35.6 Å². The molecule has 0 bridgehead atoms. The average molecular weight is 285 g/mol. The van der Waals surface area contributed by atoms with Crippen LogP contribution in [0.3, 0.4) is 0 Å². The first-order valence-electron chi connectivity index (χ1n) is 6.05. The van der Waals surface area contributed by atoms with Crippen molar-refractivity contribution in [1.29, 1.82) is 0 Å². The minimum atomic E-state index is -0.205. The number of nitrogens with two attached hydrogens (primary N) is 1.